The van der Waals surface area contributed by atoms with Crippen LogP contribution in [0.3, 0.4) is 0 Å². The van der Waals surface area contributed by atoms with Crippen molar-refractivity contribution in [2.24, 2.45) is 5.73 Å². The van der Waals surface area contributed by atoms with Gasteiger partial charge in [-0.1, -0.05) is 6.07 Å². The fourth-order valence-electron chi connectivity index (χ4n) is 0.821. The molecule has 0 amide bonds. The van der Waals surface area contributed by atoms with Gasteiger partial charge in [0.1, 0.15) is 0 Å². The quantitative estimate of drug-likeness (QED) is 0.805. The predicted octanol–water partition coefficient (Wildman–Crippen LogP) is 1.40. The maximum Gasteiger partial charge on any atom is 0.0541 e. The van der Waals surface area contributed by atoms with Crippen LogP contribution in [0.25, 0.3) is 0 Å². The molecule has 6 heteroatoms. The number of aromatic nitrogens is 1. The maximum absolute atomic E-state index is 5.31. The van der Waals surface area contributed by atoms with Gasteiger partial charge in [-0.15, -0.1) is 37.2 Å². The van der Waals surface area contributed by atoms with Gasteiger partial charge in [-0.25, -0.2) is 0 Å². The summed E-state index contributed by atoms with van der Waals surface area (Å²) in [7, 11) is 0. The third-order valence-corrected chi connectivity index (χ3v) is 1.35. The van der Waals surface area contributed by atoms with Gasteiger partial charge < -0.3 is 11.1 Å². The summed E-state index contributed by atoms with van der Waals surface area (Å²) in [5.41, 5.74) is 6.37. The van der Waals surface area contributed by atoms with E-state index in [0.717, 1.165) is 18.8 Å². The first-order valence-electron chi connectivity index (χ1n) is 3.74. The number of hydrogen-bond donors (Lipinski definition) is 2. The fourth-order valence-corrected chi connectivity index (χ4v) is 0.821. The Labute approximate surface area is 103 Å². The zero-order valence-electron chi connectivity index (χ0n) is 7.68. The third-order valence-electron chi connectivity index (χ3n) is 1.35. The summed E-state index contributed by atoms with van der Waals surface area (Å²) in [6, 6.07) is 5.88. The predicted molar refractivity (Wildman–Crippen MR) is 66.7 cm³/mol. The highest BCUT2D eigenvalue weighted by atomic mass is 35.5. The van der Waals surface area contributed by atoms with Crippen molar-refractivity contribution < 1.29 is 0 Å². The first kappa shape index (κ1) is 19.5. The van der Waals surface area contributed by atoms with Crippen LogP contribution < -0.4 is 11.1 Å². The van der Waals surface area contributed by atoms with Gasteiger partial charge in [0.05, 0.1) is 5.69 Å². The summed E-state index contributed by atoms with van der Waals surface area (Å²) in [6.07, 6.45) is 1.79. The second-order valence-electron chi connectivity index (χ2n) is 2.29. The first-order chi connectivity index (χ1) is 5.43. The van der Waals surface area contributed by atoms with Crippen molar-refractivity contribution in [3.05, 3.63) is 30.1 Å². The van der Waals surface area contributed by atoms with Crippen molar-refractivity contribution in [1.29, 1.82) is 0 Å². The standard InChI is InChI=1S/C8H13N3.3ClH/c9-4-6-10-7-8-3-1-2-5-11-8;;;/h1-3,5,10H,4,6-7,9H2;3*1H. The summed E-state index contributed by atoms with van der Waals surface area (Å²) >= 11 is 0. The molecule has 0 unspecified atom stereocenters. The van der Waals surface area contributed by atoms with Gasteiger partial charge in [-0.05, 0) is 12.1 Å². The van der Waals surface area contributed by atoms with Crippen molar-refractivity contribution >= 4 is 37.2 Å². The average Bonchev–Trinajstić information content (AvgIpc) is 2.07. The van der Waals surface area contributed by atoms with Crippen molar-refractivity contribution in [3.8, 4) is 0 Å². The molecular weight excluding hydrogens is 244 g/mol. The van der Waals surface area contributed by atoms with Gasteiger partial charge in [-0.3, -0.25) is 4.98 Å². The topological polar surface area (TPSA) is 50.9 Å². The first-order valence-corrected chi connectivity index (χ1v) is 3.74. The molecule has 0 spiro atoms. The van der Waals surface area contributed by atoms with Gasteiger partial charge in [0, 0.05) is 25.8 Å². The van der Waals surface area contributed by atoms with Crippen LogP contribution in [0.15, 0.2) is 24.4 Å². The van der Waals surface area contributed by atoms with Crippen molar-refractivity contribution in [2.75, 3.05) is 13.1 Å². The molecule has 0 saturated heterocycles. The number of halogens is 3. The van der Waals surface area contributed by atoms with Crippen molar-refractivity contribution in [2.45, 2.75) is 6.54 Å². The number of nitrogens with two attached hydrogens (primary N) is 1. The van der Waals surface area contributed by atoms with E-state index in [1.165, 1.54) is 0 Å². The van der Waals surface area contributed by atoms with E-state index in [-0.39, 0.29) is 37.2 Å². The number of nitrogens with one attached hydrogen (secondary N) is 1. The molecule has 84 valence electrons. The molecule has 0 aliphatic carbocycles. The smallest absolute Gasteiger partial charge is 0.0541 e. The van der Waals surface area contributed by atoms with E-state index in [1.807, 2.05) is 18.2 Å². The van der Waals surface area contributed by atoms with Crippen LogP contribution in [-0.2, 0) is 6.54 Å². The van der Waals surface area contributed by atoms with Gasteiger partial charge in [0.25, 0.3) is 0 Å². The Bertz CT molecular complexity index is 196. The molecule has 0 aliphatic rings. The highest BCUT2D eigenvalue weighted by Gasteiger charge is 1.89. The van der Waals surface area contributed by atoms with Crippen LogP contribution in [0, 0.1) is 0 Å². The molecule has 0 aromatic carbocycles. The summed E-state index contributed by atoms with van der Waals surface area (Å²) in [6.45, 7) is 2.32. The highest BCUT2D eigenvalue weighted by molar-refractivity contribution is 5.86. The van der Waals surface area contributed by atoms with Gasteiger partial charge in [-0.2, -0.15) is 0 Å². The summed E-state index contributed by atoms with van der Waals surface area (Å²) < 4.78 is 0. The molecule has 0 fully saturated rings. The molecule has 0 saturated carbocycles. The lowest BCUT2D eigenvalue weighted by Gasteiger charge is -2.00. The van der Waals surface area contributed by atoms with Crippen molar-refractivity contribution in [1.82, 2.24) is 10.3 Å². The zero-order valence-corrected chi connectivity index (χ0v) is 10.1. The molecular formula is C8H16Cl3N3. The van der Waals surface area contributed by atoms with E-state index in [0.29, 0.717) is 6.54 Å². The Kier molecular flexibility index (Phi) is 18.0. The van der Waals surface area contributed by atoms with Gasteiger partial charge >= 0.3 is 0 Å². The SMILES string of the molecule is Cl.Cl.Cl.NCCNCc1ccccn1. The fraction of sp³-hybridized carbons (Fsp3) is 0.375. The second kappa shape index (κ2) is 12.9. The molecule has 3 nitrogen and oxygen atoms in total. The monoisotopic (exact) mass is 259 g/mol. The second-order valence-corrected chi connectivity index (χ2v) is 2.29. The minimum atomic E-state index is 0. The van der Waals surface area contributed by atoms with Crippen LogP contribution in [0.5, 0.6) is 0 Å². The third kappa shape index (κ3) is 8.53. The number of nitrogens with zero attached hydrogens (tertiary/aromatic N) is 1. The molecule has 1 aromatic rings. The summed E-state index contributed by atoms with van der Waals surface area (Å²) in [5, 5.41) is 3.16. The Morgan fingerprint density at radius 3 is 2.43 bits per heavy atom. The van der Waals surface area contributed by atoms with E-state index in [1.54, 1.807) is 6.20 Å². The highest BCUT2D eigenvalue weighted by Crippen LogP contribution is 1.90. The molecule has 1 rings (SSSR count). The summed E-state index contributed by atoms with van der Waals surface area (Å²) in [5.74, 6) is 0. The van der Waals surface area contributed by atoms with E-state index < -0.39 is 0 Å². The van der Waals surface area contributed by atoms with Crippen LogP contribution in [0.4, 0.5) is 0 Å². The largest absolute Gasteiger partial charge is 0.329 e. The molecule has 0 radical (unpaired) electrons. The van der Waals surface area contributed by atoms with E-state index >= 15 is 0 Å². The number of rotatable bonds is 4. The normalized spacial score (nSPS) is 7.79. The number of hydrogen-bond acceptors (Lipinski definition) is 3. The molecule has 0 bridgehead atoms. The number of pyridine rings is 1. The Hall–Kier alpha value is -0.0600. The van der Waals surface area contributed by atoms with Crippen LogP contribution in [-0.4, -0.2) is 18.1 Å². The lowest BCUT2D eigenvalue weighted by Crippen LogP contribution is -2.22. The Balaban J connectivity index is -0.000000403. The molecule has 1 aromatic heterocycles. The van der Waals surface area contributed by atoms with Gasteiger partial charge in [0.2, 0.25) is 0 Å². The van der Waals surface area contributed by atoms with Gasteiger partial charge in [0.15, 0.2) is 0 Å². The van der Waals surface area contributed by atoms with E-state index in [9.17, 15) is 0 Å². The summed E-state index contributed by atoms with van der Waals surface area (Å²) in [4.78, 5) is 4.15. The van der Waals surface area contributed by atoms with Crippen molar-refractivity contribution in [3.63, 3.8) is 0 Å². The zero-order chi connectivity index (χ0) is 7.94. The van der Waals surface area contributed by atoms with Crippen LogP contribution in [0.2, 0.25) is 0 Å². The minimum Gasteiger partial charge on any atom is -0.329 e. The molecule has 0 atom stereocenters. The molecule has 0 aliphatic heterocycles. The van der Waals surface area contributed by atoms with Crippen LogP contribution in [0.1, 0.15) is 5.69 Å². The van der Waals surface area contributed by atoms with E-state index in [4.69, 9.17) is 5.73 Å². The maximum atomic E-state index is 5.31. The molecule has 3 N–H and O–H groups in total. The lowest BCUT2D eigenvalue weighted by atomic mass is 10.3. The average molecular weight is 261 g/mol. The molecule has 14 heavy (non-hydrogen) atoms. The minimum absolute atomic E-state index is 0. The lowest BCUT2D eigenvalue weighted by molar-refractivity contribution is 0.682. The Morgan fingerprint density at radius 2 is 1.93 bits per heavy atom. The van der Waals surface area contributed by atoms with E-state index in [2.05, 4.69) is 10.3 Å². The molecule has 1 heterocycles. The van der Waals surface area contributed by atoms with Crippen LogP contribution >= 0.6 is 37.2 Å². The Morgan fingerprint density at radius 1 is 1.21 bits per heavy atom.